The van der Waals surface area contributed by atoms with Crippen molar-refractivity contribution in [2.75, 3.05) is 29.5 Å². The van der Waals surface area contributed by atoms with Gasteiger partial charge in [-0.05, 0) is 25.1 Å². The number of thioether (sulfide) groups is 1. The maximum atomic E-state index is 11.3. The lowest BCUT2D eigenvalue weighted by Gasteiger charge is -2.28. The van der Waals surface area contributed by atoms with Crippen molar-refractivity contribution in [3.63, 3.8) is 0 Å². The van der Waals surface area contributed by atoms with E-state index >= 15 is 0 Å². The molecule has 0 spiro atoms. The summed E-state index contributed by atoms with van der Waals surface area (Å²) in [6.07, 6.45) is 0. The standard InChI is InChI=1S/C12H14ClNOS/c1-9(15)11-3-2-10(8-12(11)13)14-4-6-16-7-5-14/h2-3,8H,4-7H2,1H3. The molecule has 86 valence electrons. The van der Waals surface area contributed by atoms with Gasteiger partial charge in [-0.25, -0.2) is 0 Å². The number of carbonyl (C=O) groups is 1. The summed E-state index contributed by atoms with van der Waals surface area (Å²) in [4.78, 5) is 13.6. The smallest absolute Gasteiger partial charge is 0.161 e. The van der Waals surface area contributed by atoms with Crippen LogP contribution < -0.4 is 4.90 Å². The molecule has 0 atom stereocenters. The Morgan fingerprint density at radius 1 is 1.38 bits per heavy atom. The number of hydrogen-bond acceptors (Lipinski definition) is 3. The third-order valence-electron chi connectivity index (χ3n) is 2.71. The number of anilines is 1. The van der Waals surface area contributed by atoms with E-state index in [9.17, 15) is 4.79 Å². The second kappa shape index (κ2) is 5.11. The largest absolute Gasteiger partial charge is 0.370 e. The molecule has 0 radical (unpaired) electrons. The van der Waals surface area contributed by atoms with Gasteiger partial charge in [-0.15, -0.1) is 0 Å². The lowest BCUT2D eigenvalue weighted by molar-refractivity contribution is 0.101. The molecular weight excluding hydrogens is 242 g/mol. The minimum Gasteiger partial charge on any atom is -0.370 e. The third-order valence-corrected chi connectivity index (χ3v) is 3.96. The van der Waals surface area contributed by atoms with Crippen molar-refractivity contribution < 1.29 is 4.79 Å². The average Bonchev–Trinajstić information content (AvgIpc) is 2.29. The van der Waals surface area contributed by atoms with E-state index in [-0.39, 0.29) is 5.78 Å². The molecule has 1 aromatic rings. The summed E-state index contributed by atoms with van der Waals surface area (Å²) in [5, 5.41) is 0.559. The molecule has 4 heteroatoms. The van der Waals surface area contributed by atoms with Crippen molar-refractivity contribution >= 4 is 34.8 Å². The molecule has 0 aromatic heterocycles. The summed E-state index contributed by atoms with van der Waals surface area (Å²) in [6.45, 7) is 3.65. The normalized spacial score (nSPS) is 16.2. The van der Waals surface area contributed by atoms with Gasteiger partial charge in [-0.3, -0.25) is 4.79 Å². The predicted molar refractivity (Wildman–Crippen MR) is 71.0 cm³/mol. The van der Waals surface area contributed by atoms with Crippen LogP contribution in [0.5, 0.6) is 0 Å². The number of nitrogens with zero attached hydrogens (tertiary/aromatic N) is 1. The van der Waals surface area contributed by atoms with Crippen LogP contribution >= 0.6 is 23.4 Å². The zero-order valence-electron chi connectivity index (χ0n) is 9.20. The first-order valence-corrected chi connectivity index (χ1v) is 6.85. The second-order valence-corrected chi connectivity index (χ2v) is 5.45. The minimum atomic E-state index is 0.0192. The molecule has 1 aliphatic rings. The van der Waals surface area contributed by atoms with Crippen LogP contribution in [0.15, 0.2) is 18.2 Å². The summed E-state index contributed by atoms with van der Waals surface area (Å²) in [6, 6.07) is 5.70. The maximum Gasteiger partial charge on any atom is 0.161 e. The fourth-order valence-corrected chi connectivity index (χ4v) is 3.02. The fourth-order valence-electron chi connectivity index (χ4n) is 1.81. The molecule has 0 aliphatic carbocycles. The highest BCUT2D eigenvalue weighted by Gasteiger charge is 2.13. The number of halogens is 1. The lowest BCUT2D eigenvalue weighted by atomic mass is 10.1. The van der Waals surface area contributed by atoms with Gasteiger partial charge in [0.15, 0.2) is 5.78 Å². The maximum absolute atomic E-state index is 11.3. The number of rotatable bonds is 2. The van der Waals surface area contributed by atoms with Gasteiger partial charge in [0, 0.05) is 35.8 Å². The summed E-state index contributed by atoms with van der Waals surface area (Å²) >= 11 is 8.07. The fraction of sp³-hybridized carbons (Fsp3) is 0.417. The molecule has 0 N–H and O–H groups in total. The molecule has 0 unspecified atom stereocenters. The first-order chi connectivity index (χ1) is 7.68. The van der Waals surface area contributed by atoms with Crippen LogP contribution in [0.1, 0.15) is 17.3 Å². The molecule has 1 saturated heterocycles. The molecule has 0 amide bonds. The van der Waals surface area contributed by atoms with Crippen molar-refractivity contribution in [2.45, 2.75) is 6.92 Å². The predicted octanol–water partition coefficient (Wildman–Crippen LogP) is 3.10. The SMILES string of the molecule is CC(=O)c1ccc(N2CCSCC2)cc1Cl. The summed E-state index contributed by atoms with van der Waals surface area (Å²) in [5.74, 6) is 2.34. The minimum absolute atomic E-state index is 0.0192. The van der Waals surface area contributed by atoms with E-state index in [1.807, 2.05) is 30.0 Å². The molecule has 2 nitrogen and oxygen atoms in total. The molecule has 1 aromatic carbocycles. The number of ketones is 1. The molecule has 2 rings (SSSR count). The van der Waals surface area contributed by atoms with Gasteiger partial charge < -0.3 is 4.90 Å². The van der Waals surface area contributed by atoms with Crippen LogP contribution in [0.4, 0.5) is 5.69 Å². The number of carbonyl (C=O) groups excluding carboxylic acids is 1. The van der Waals surface area contributed by atoms with Gasteiger partial charge in [0.25, 0.3) is 0 Å². The highest BCUT2D eigenvalue weighted by atomic mass is 35.5. The van der Waals surface area contributed by atoms with Gasteiger partial charge in [0.05, 0.1) is 5.02 Å². The first-order valence-electron chi connectivity index (χ1n) is 5.31. The Bertz CT molecular complexity index is 402. The van der Waals surface area contributed by atoms with Crippen LogP contribution in [0.3, 0.4) is 0 Å². The van der Waals surface area contributed by atoms with Gasteiger partial charge in [-0.1, -0.05) is 11.6 Å². The Hall–Kier alpha value is -0.670. The molecule has 0 bridgehead atoms. The van der Waals surface area contributed by atoms with E-state index in [0.29, 0.717) is 10.6 Å². The Labute approximate surface area is 105 Å². The van der Waals surface area contributed by atoms with E-state index in [1.165, 1.54) is 0 Å². The Morgan fingerprint density at radius 2 is 2.06 bits per heavy atom. The van der Waals surface area contributed by atoms with Gasteiger partial charge in [0.1, 0.15) is 0 Å². The summed E-state index contributed by atoms with van der Waals surface area (Å²) < 4.78 is 0. The molecule has 1 heterocycles. The summed E-state index contributed by atoms with van der Waals surface area (Å²) in [5.41, 5.74) is 1.73. The monoisotopic (exact) mass is 255 g/mol. The quantitative estimate of drug-likeness (QED) is 0.758. The van der Waals surface area contributed by atoms with Crippen molar-refractivity contribution in [1.29, 1.82) is 0 Å². The van der Waals surface area contributed by atoms with E-state index in [2.05, 4.69) is 4.90 Å². The van der Waals surface area contributed by atoms with Crippen molar-refractivity contribution in [2.24, 2.45) is 0 Å². The third kappa shape index (κ3) is 2.53. The zero-order valence-corrected chi connectivity index (χ0v) is 10.8. The number of hydrogen-bond donors (Lipinski definition) is 0. The van der Waals surface area contributed by atoms with Gasteiger partial charge in [0.2, 0.25) is 0 Å². The first kappa shape index (κ1) is 11.8. The van der Waals surface area contributed by atoms with E-state index in [4.69, 9.17) is 11.6 Å². The Balaban J connectivity index is 2.23. The number of benzene rings is 1. The van der Waals surface area contributed by atoms with Crippen LogP contribution in [-0.4, -0.2) is 30.4 Å². The lowest BCUT2D eigenvalue weighted by Crippen LogP contribution is -2.32. The van der Waals surface area contributed by atoms with Crippen LogP contribution in [0.25, 0.3) is 0 Å². The molecular formula is C12H14ClNOS. The topological polar surface area (TPSA) is 20.3 Å². The molecule has 1 aliphatic heterocycles. The zero-order chi connectivity index (χ0) is 11.5. The van der Waals surface area contributed by atoms with Crippen LogP contribution in [-0.2, 0) is 0 Å². The van der Waals surface area contributed by atoms with Crippen molar-refractivity contribution in [3.8, 4) is 0 Å². The van der Waals surface area contributed by atoms with E-state index in [0.717, 1.165) is 30.3 Å². The van der Waals surface area contributed by atoms with E-state index < -0.39 is 0 Å². The van der Waals surface area contributed by atoms with E-state index in [1.54, 1.807) is 6.92 Å². The highest BCUT2D eigenvalue weighted by molar-refractivity contribution is 7.99. The van der Waals surface area contributed by atoms with Crippen LogP contribution in [0, 0.1) is 0 Å². The summed E-state index contributed by atoms with van der Waals surface area (Å²) in [7, 11) is 0. The van der Waals surface area contributed by atoms with Gasteiger partial charge >= 0.3 is 0 Å². The highest BCUT2D eigenvalue weighted by Crippen LogP contribution is 2.25. The molecule has 16 heavy (non-hydrogen) atoms. The average molecular weight is 256 g/mol. The Morgan fingerprint density at radius 3 is 2.62 bits per heavy atom. The number of Topliss-reactive ketones (excluding diaryl/α,β-unsaturated/α-hetero) is 1. The van der Waals surface area contributed by atoms with Crippen molar-refractivity contribution in [1.82, 2.24) is 0 Å². The van der Waals surface area contributed by atoms with Crippen molar-refractivity contribution in [3.05, 3.63) is 28.8 Å². The van der Waals surface area contributed by atoms with Gasteiger partial charge in [-0.2, -0.15) is 11.8 Å². The molecule has 1 fully saturated rings. The second-order valence-electron chi connectivity index (χ2n) is 3.82. The van der Waals surface area contributed by atoms with Crippen LogP contribution in [0.2, 0.25) is 5.02 Å². The molecule has 0 saturated carbocycles. The Kier molecular flexibility index (Phi) is 3.77.